The summed E-state index contributed by atoms with van der Waals surface area (Å²) in [6.07, 6.45) is 3.39. The predicted molar refractivity (Wildman–Crippen MR) is 74.6 cm³/mol. The van der Waals surface area contributed by atoms with Gasteiger partial charge in [0.2, 0.25) is 5.95 Å². The molecule has 1 amide bonds. The van der Waals surface area contributed by atoms with Gasteiger partial charge in [-0.25, -0.2) is 0 Å². The predicted octanol–water partition coefficient (Wildman–Crippen LogP) is 2.55. The lowest BCUT2D eigenvalue weighted by molar-refractivity contribution is 0.102. The van der Waals surface area contributed by atoms with E-state index in [2.05, 4.69) is 27.4 Å². The first-order valence-electron chi connectivity index (χ1n) is 6.44. The van der Waals surface area contributed by atoms with Gasteiger partial charge in [-0.15, -0.1) is 16.4 Å². The Hall–Kier alpha value is -1.69. The molecule has 2 aromatic heterocycles. The summed E-state index contributed by atoms with van der Waals surface area (Å²) in [5.41, 5.74) is 1.33. The fraction of sp³-hybridized carbons (Fsp3) is 0.462. The minimum absolute atomic E-state index is 0.119. The molecule has 1 unspecified atom stereocenters. The van der Waals surface area contributed by atoms with Crippen LogP contribution in [0.4, 0.5) is 5.95 Å². The number of carbonyl (C=O) groups is 1. The standard InChI is InChI=1S/C13H16N4OS/c1-7-3-4-10-9(5-7)6-11(19-10)12(18)15-13-14-8(2)16-17-13/h6-7H,3-5H2,1-2H3,(H2,14,15,16,17,18). The van der Waals surface area contributed by atoms with Crippen LogP contribution in [0.15, 0.2) is 6.07 Å². The van der Waals surface area contributed by atoms with Gasteiger partial charge in [-0.1, -0.05) is 6.92 Å². The van der Waals surface area contributed by atoms with Crippen molar-refractivity contribution in [3.8, 4) is 0 Å². The molecule has 19 heavy (non-hydrogen) atoms. The van der Waals surface area contributed by atoms with E-state index >= 15 is 0 Å². The highest BCUT2D eigenvalue weighted by Crippen LogP contribution is 2.32. The number of hydrogen-bond acceptors (Lipinski definition) is 4. The van der Waals surface area contributed by atoms with E-state index < -0.39 is 0 Å². The molecule has 0 radical (unpaired) electrons. The second kappa shape index (κ2) is 4.77. The van der Waals surface area contributed by atoms with Gasteiger partial charge in [0.15, 0.2) is 0 Å². The largest absolute Gasteiger partial charge is 0.288 e. The Morgan fingerprint density at radius 1 is 1.58 bits per heavy atom. The van der Waals surface area contributed by atoms with Crippen LogP contribution in [0.1, 0.15) is 39.3 Å². The average molecular weight is 276 g/mol. The van der Waals surface area contributed by atoms with Crippen molar-refractivity contribution < 1.29 is 4.79 Å². The van der Waals surface area contributed by atoms with E-state index in [4.69, 9.17) is 0 Å². The number of amides is 1. The number of rotatable bonds is 2. The van der Waals surface area contributed by atoms with Crippen molar-refractivity contribution in [3.63, 3.8) is 0 Å². The minimum Gasteiger partial charge on any atom is -0.288 e. The molecule has 2 aromatic rings. The van der Waals surface area contributed by atoms with Crippen LogP contribution in [0.2, 0.25) is 0 Å². The molecule has 2 N–H and O–H groups in total. The summed E-state index contributed by atoms with van der Waals surface area (Å²) in [4.78, 5) is 18.3. The molecule has 3 rings (SSSR count). The lowest BCUT2D eigenvalue weighted by Crippen LogP contribution is -2.11. The maximum Gasteiger partial charge on any atom is 0.268 e. The summed E-state index contributed by atoms with van der Waals surface area (Å²) >= 11 is 1.59. The van der Waals surface area contributed by atoms with Crippen LogP contribution in [0, 0.1) is 12.8 Å². The van der Waals surface area contributed by atoms with Gasteiger partial charge in [-0.2, -0.15) is 4.98 Å². The Balaban J connectivity index is 1.77. The highest BCUT2D eigenvalue weighted by Gasteiger charge is 2.21. The summed E-state index contributed by atoms with van der Waals surface area (Å²) in [7, 11) is 0. The van der Waals surface area contributed by atoms with E-state index in [9.17, 15) is 4.79 Å². The summed E-state index contributed by atoms with van der Waals surface area (Å²) in [6.45, 7) is 4.06. The minimum atomic E-state index is -0.119. The first-order valence-corrected chi connectivity index (χ1v) is 7.25. The van der Waals surface area contributed by atoms with E-state index in [-0.39, 0.29) is 5.91 Å². The van der Waals surface area contributed by atoms with E-state index in [1.807, 2.05) is 6.07 Å². The van der Waals surface area contributed by atoms with Crippen LogP contribution in [-0.2, 0) is 12.8 Å². The number of hydrogen-bond donors (Lipinski definition) is 2. The molecular weight excluding hydrogens is 260 g/mol. The highest BCUT2D eigenvalue weighted by atomic mass is 32.1. The summed E-state index contributed by atoms with van der Waals surface area (Å²) in [6, 6.07) is 2.02. The van der Waals surface area contributed by atoms with Crippen LogP contribution in [0.5, 0.6) is 0 Å². The van der Waals surface area contributed by atoms with E-state index in [1.54, 1.807) is 18.3 Å². The molecule has 0 spiro atoms. The topological polar surface area (TPSA) is 70.7 Å². The summed E-state index contributed by atoms with van der Waals surface area (Å²) in [5, 5.41) is 9.34. The number of aromatic nitrogens is 3. The van der Waals surface area contributed by atoms with Gasteiger partial charge in [0, 0.05) is 4.88 Å². The first kappa shape index (κ1) is 12.3. The van der Waals surface area contributed by atoms with Gasteiger partial charge in [0.05, 0.1) is 4.88 Å². The van der Waals surface area contributed by atoms with Gasteiger partial charge >= 0.3 is 0 Å². The van der Waals surface area contributed by atoms with E-state index in [0.29, 0.717) is 17.7 Å². The zero-order chi connectivity index (χ0) is 13.4. The van der Waals surface area contributed by atoms with Crippen LogP contribution in [0.3, 0.4) is 0 Å². The lowest BCUT2D eigenvalue weighted by Gasteiger charge is -2.16. The van der Waals surface area contributed by atoms with Gasteiger partial charge in [-0.3, -0.25) is 15.2 Å². The average Bonchev–Trinajstić information content (AvgIpc) is 2.95. The zero-order valence-electron chi connectivity index (χ0n) is 11.0. The number of nitrogens with zero attached hydrogens (tertiary/aromatic N) is 2. The molecule has 2 heterocycles. The molecule has 100 valence electrons. The van der Waals surface area contributed by atoms with E-state index in [0.717, 1.165) is 17.7 Å². The molecule has 0 aliphatic heterocycles. The van der Waals surface area contributed by atoms with Gasteiger partial charge in [-0.05, 0) is 43.7 Å². The molecule has 1 atom stereocenters. The van der Waals surface area contributed by atoms with Crippen molar-refractivity contribution in [1.29, 1.82) is 0 Å². The Bertz CT molecular complexity index is 616. The van der Waals surface area contributed by atoms with Crippen LogP contribution in [0.25, 0.3) is 0 Å². The van der Waals surface area contributed by atoms with Gasteiger partial charge < -0.3 is 0 Å². The second-order valence-electron chi connectivity index (χ2n) is 5.11. The van der Waals surface area contributed by atoms with Gasteiger partial charge in [0.25, 0.3) is 5.91 Å². The van der Waals surface area contributed by atoms with Gasteiger partial charge in [0.1, 0.15) is 5.82 Å². The number of carbonyl (C=O) groups excluding carboxylic acids is 1. The Labute approximate surface area is 115 Å². The maximum absolute atomic E-state index is 12.1. The SMILES string of the molecule is Cc1nc(NC(=O)c2cc3c(s2)CCC(C)C3)n[nH]1. The fourth-order valence-electron chi connectivity index (χ4n) is 2.38. The van der Waals surface area contributed by atoms with Crippen molar-refractivity contribution in [1.82, 2.24) is 15.2 Å². The molecule has 0 saturated heterocycles. The van der Waals surface area contributed by atoms with Crippen molar-refractivity contribution in [3.05, 3.63) is 27.2 Å². The van der Waals surface area contributed by atoms with Crippen molar-refractivity contribution in [2.24, 2.45) is 5.92 Å². The number of aryl methyl sites for hydroxylation is 2. The van der Waals surface area contributed by atoms with Crippen LogP contribution < -0.4 is 5.32 Å². The molecule has 0 aromatic carbocycles. The number of H-pyrrole nitrogens is 1. The third-order valence-electron chi connectivity index (χ3n) is 3.38. The Kier molecular flexibility index (Phi) is 3.10. The number of fused-ring (bicyclic) bond motifs is 1. The number of nitrogens with one attached hydrogen (secondary N) is 2. The molecule has 5 nitrogen and oxygen atoms in total. The Morgan fingerprint density at radius 3 is 3.16 bits per heavy atom. The molecular formula is C13H16N4OS. The lowest BCUT2D eigenvalue weighted by atomic mass is 9.90. The number of thiophene rings is 1. The van der Waals surface area contributed by atoms with E-state index in [1.165, 1.54) is 16.9 Å². The maximum atomic E-state index is 12.1. The molecule has 0 saturated carbocycles. The fourth-order valence-corrected chi connectivity index (χ4v) is 3.48. The van der Waals surface area contributed by atoms with Crippen molar-refractivity contribution in [2.45, 2.75) is 33.1 Å². The number of aromatic amines is 1. The quantitative estimate of drug-likeness (QED) is 0.885. The molecule has 0 bridgehead atoms. The smallest absolute Gasteiger partial charge is 0.268 e. The summed E-state index contributed by atoms with van der Waals surface area (Å²) < 4.78 is 0. The molecule has 1 aliphatic rings. The first-order chi connectivity index (χ1) is 9.11. The number of anilines is 1. The second-order valence-corrected chi connectivity index (χ2v) is 6.24. The highest BCUT2D eigenvalue weighted by molar-refractivity contribution is 7.14. The molecule has 0 fully saturated rings. The zero-order valence-corrected chi connectivity index (χ0v) is 11.8. The molecule has 1 aliphatic carbocycles. The summed E-state index contributed by atoms with van der Waals surface area (Å²) in [5.74, 6) is 1.62. The monoisotopic (exact) mass is 276 g/mol. The normalized spacial score (nSPS) is 18.1. The third-order valence-corrected chi connectivity index (χ3v) is 4.61. The van der Waals surface area contributed by atoms with Crippen molar-refractivity contribution in [2.75, 3.05) is 5.32 Å². The Morgan fingerprint density at radius 2 is 2.42 bits per heavy atom. The van der Waals surface area contributed by atoms with Crippen LogP contribution in [-0.4, -0.2) is 21.1 Å². The van der Waals surface area contributed by atoms with Crippen molar-refractivity contribution >= 4 is 23.2 Å². The van der Waals surface area contributed by atoms with Crippen LogP contribution >= 0.6 is 11.3 Å². The third kappa shape index (κ3) is 2.53. The molecule has 6 heteroatoms.